The van der Waals surface area contributed by atoms with Crippen LogP contribution in [0.1, 0.15) is 17.5 Å². The average Bonchev–Trinajstić information content (AvgIpc) is 3.30. The number of hydrogen-bond donors (Lipinski definition) is 0. The number of ether oxygens (including phenoxy) is 1. The van der Waals surface area contributed by atoms with Crippen LogP contribution in [0.15, 0.2) is 64.5 Å². The van der Waals surface area contributed by atoms with Crippen LogP contribution in [-0.4, -0.2) is 48.1 Å². The second-order valence-electron chi connectivity index (χ2n) is 7.85. The van der Waals surface area contributed by atoms with Gasteiger partial charge in [-0.2, -0.15) is 10.2 Å². The van der Waals surface area contributed by atoms with Crippen molar-refractivity contribution in [3.05, 3.63) is 69.4 Å². The van der Waals surface area contributed by atoms with Gasteiger partial charge < -0.3 is 14.5 Å². The van der Waals surface area contributed by atoms with Gasteiger partial charge in [0.05, 0.1) is 22.7 Å². The summed E-state index contributed by atoms with van der Waals surface area (Å²) in [6, 6.07) is 18.4. The normalized spacial score (nSPS) is 15.7. The molecule has 2 heterocycles. The van der Waals surface area contributed by atoms with Crippen LogP contribution in [0.3, 0.4) is 0 Å². The minimum Gasteiger partial charge on any atom is -0.472 e. The molecule has 1 saturated heterocycles. The predicted octanol–water partition coefficient (Wildman–Crippen LogP) is 4.82. The molecule has 0 amide bonds. The Balaban J connectivity index is 1.58. The topological polar surface area (TPSA) is 65.3 Å². The molecule has 2 aromatic carbocycles. The van der Waals surface area contributed by atoms with Crippen LogP contribution in [-0.2, 0) is 6.61 Å². The summed E-state index contributed by atoms with van der Waals surface area (Å²) in [5, 5.41) is 9.04. The molecule has 1 fully saturated rings. The van der Waals surface area contributed by atoms with E-state index in [9.17, 15) is 0 Å². The number of aromatic nitrogens is 2. The van der Waals surface area contributed by atoms with Crippen LogP contribution >= 0.6 is 34.4 Å². The van der Waals surface area contributed by atoms with Gasteiger partial charge in [-0.15, -0.1) is 0 Å². The Morgan fingerprint density at radius 1 is 1.25 bits per heavy atom. The van der Waals surface area contributed by atoms with Crippen molar-refractivity contribution in [3.63, 3.8) is 0 Å². The van der Waals surface area contributed by atoms with Gasteiger partial charge >= 0.3 is 0 Å². The van der Waals surface area contributed by atoms with E-state index in [0.717, 1.165) is 34.9 Å². The molecule has 0 aliphatic carbocycles. The maximum atomic E-state index is 9.04. The maximum Gasteiger partial charge on any atom is 0.232 e. The van der Waals surface area contributed by atoms with Crippen molar-refractivity contribution in [1.29, 1.82) is 5.26 Å². The number of hydrogen-bond acceptors (Lipinski definition) is 7. The lowest BCUT2D eigenvalue weighted by atomic mass is 10.2. The fraction of sp³-hybridized carbons (Fsp3) is 0.292. The van der Waals surface area contributed by atoms with Gasteiger partial charge in [0.1, 0.15) is 6.61 Å². The Bertz CT molecular complexity index is 1120. The quantitative estimate of drug-likeness (QED) is 0.386. The van der Waals surface area contributed by atoms with Gasteiger partial charge in [-0.1, -0.05) is 23.9 Å². The summed E-state index contributed by atoms with van der Waals surface area (Å²) in [5.41, 5.74) is 1.74. The van der Waals surface area contributed by atoms with Gasteiger partial charge in [-0.3, -0.25) is 0 Å². The minimum absolute atomic E-state index is 0.439. The molecule has 6 nitrogen and oxygen atoms in total. The Kier molecular flexibility index (Phi) is 7.50. The number of likely N-dealkylation sites (N-methyl/N-ethyl adjacent to an activating group) is 1. The summed E-state index contributed by atoms with van der Waals surface area (Å²) in [4.78, 5) is 15.8. The van der Waals surface area contributed by atoms with Gasteiger partial charge in [-0.25, -0.2) is 4.98 Å². The first-order valence-corrected chi connectivity index (χ1v) is 12.2. The number of anilines is 1. The lowest BCUT2D eigenvalue weighted by Gasteiger charge is -2.21. The van der Waals surface area contributed by atoms with Crippen LogP contribution in [0.25, 0.3) is 0 Å². The van der Waals surface area contributed by atoms with Crippen molar-refractivity contribution < 1.29 is 4.74 Å². The van der Waals surface area contributed by atoms with Crippen molar-refractivity contribution >= 4 is 40.3 Å². The van der Waals surface area contributed by atoms with Gasteiger partial charge in [0.15, 0.2) is 0 Å². The zero-order valence-electron chi connectivity index (χ0n) is 18.0. The van der Waals surface area contributed by atoms with E-state index in [-0.39, 0.29) is 0 Å². The zero-order valence-corrected chi connectivity index (χ0v) is 21.0. The largest absolute Gasteiger partial charge is 0.472 e. The van der Waals surface area contributed by atoms with Gasteiger partial charge in [-0.05, 0) is 85.1 Å². The maximum absolute atomic E-state index is 9.04. The molecule has 164 valence electrons. The highest BCUT2D eigenvalue weighted by molar-refractivity contribution is 14.1. The third kappa shape index (κ3) is 5.71. The molecule has 0 radical (unpaired) electrons. The van der Waals surface area contributed by atoms with Crippen LogP contribution < -0.4 is 9.64 Å². The summed E-state index contributed by atoms with van der Waals surface area (Å²) in [6.07, 6.45) is 2.94. The van der Waals surface area contributed by atoms with Crippen molar-refractivity contribution in [3.8, 4) is 11.9 Å². The average molecular weight is 557 g/mol. The van der Waals surface area contributed by atoms with E-state index in [4.69, 9.17) is 15.0 Å². The highest BCUT2D eigenvalue weighted by Gasteiger charge is 2.26. The van der Waals surface area contributed by atoms with Crippen molar-refractivity contribution in [2.75, 3.05) is 32.1 Å². The van der Waals surface area contributed by atoms with E-state index in [1.807, 2.05) is 36.5 Å². The smallest absolute Gasteiger partial charge is 0.232 e. The SMILES string of the molecule is CN(C)[C@@H]1CCN(c2ncc(Sc3ccc(C#N)cc3)c(OCc3cccc(I)c3)n2)C1. The third-order valence-corrected chi connectivity index (χ3v) is 7.04. The number of benzene rings is 2. The first-order chi connectivity index (χ1) is 15.5. The molecule has 0 N–H and O–H groups in total. The van der Waals surface area contributed by atoms with Crippen molar-refractivity contribution in [2.45, 2.75) is 28.9 Å². The molecule has 3 aromatic rings. The molecule has 4 rings (SSSR count). The number of nitrogens with zero attached hydrogens (tertiary/aromatic N) is 5. The monoisotopic (exact) mass is 557 g/mol. The van der Waals surface area contributed by atoms with E-state index in [1.165, 1.54) is 3.57 Å². The summed E-state index contributed by atoms with van der Waals surface area (Å²) < 4.78 is 7.38. The Morgan fingerprint density at radius 2 is 2.06 bits per heavy atom. The third-order valence-electron chi connectivity index (χ3n) is 5.36. The molecule has 8 heteroatoms. The summed E-state index contributed by atoms with van der Waals surface area (Å²) in [7, 11) is 4.23. The molecule has 1 atom stereocenters. The second kappa shape index (κ2) is 10.5. The lowest BCUT2D eigenvalue weighted by Crippen LogP contribution is -2.32. The molecule has 1 aromatic heterocycles. The Labute approximate surface area is 206 Å². The van der Waals surface area contributed by atoms with Crippen LogP contribution in [0, 0.1) is 14.9 Å². The van der Waals surface area contributed by atoms with Crippen molar-refractivity contribution in [1.82, 2.24) is 14.9 Å². The second-order valence-corrected chi connectivity index (χ2v) is 10.2. The number of rotatable bonds is 7. The first-order valence-electron chi connectivity index (χ1n) is 10.4. The fourth-order valence-corrected chi connectivity index (χ4v) is 4.95. The molecular weight excluding hydrogens is 533 g/mol. The molecule has 0 bridgehead atoms. The standard InChI is InChI=1S/C24H24IN5OS/c1-29(2)20-10-11-30(15-20)24-27-14-22(32-21-8-6-17(13-26)7-9-21)23(28-24)31-16-18-4-3-5-19(25)12-18/h3-9,12,14,20H,10-11,15-16H2,1-2H3/t20-/m1/s1. The molecule has 0 unspecified atom stereocenters. The molecule has 1 aliphatic heterocycles. The van der Waals surface area contributed by atoms with E-state index in [1.54, 1.807) is 11.8 Å². The predicted molar refractivity (Wildman–Crippen MR) is 135 cm³/mol. The minimum atomic E-state index is 0.439. The van der Waals surface area contributed by atoms with Gasteiger partial charge in [0.25, 0.3) is 0 Å². The number of nitriles is 1. The zero-order chi connectivity index (χ0) is 22.5. The van der Waals surface area contributed by atoms with Crippen LogP contribution in [0.2, 0.25) is 0 Å². The Morgan fingerprint density at radius 3 is 2.75 bits per heavy atom. The van der Waals surface area contributed by atoms with Gasteiger partial charge in [0.2, 0.25) is 11.8 Å². The van der Waals surface area contributed by atoms with E-state index >= 15 is 0 Å². The molecule has 32 heavy (non-hydrogen) atoms. The molecule has 0 saturated carbocycles. The highest BCUT2D eigenvalue weighted by atomic mass is 127. The van der Waals surface area contributed by atoms with Crippen LogP contribution in [0.4, 0.5) is 5.95 Å². The summed E-state index contributed by atoms with van der Waals surface area (Å²) in [5.74, 6) is 1.28. The molecule has 0 spiro atoms. The highest BCUT2D eigenvalue weighted by Crippen LogP contribution is 2.35. The van der Waals surface area contributed by atoms with Crippen molar-refractivity contribution in [2.24, 2.45) is 0 Å². The fourth-order valence-electron chi connectivity index (χ4n) is 3.52. The van der Waals surface area contributed by atoms with E-state index in [2.05, 4.69) is 75.7 Å². The lowest BCUT2D eigenvalue weighted by molar-refractivity contribution is 0.285. The first kappa shape index (κ1) is 22.8. The van der Waals surface area contributed by atoms with Gasteiger partial charge in [0, 0.05) is 27.6 Å². The summed E-state index contributed by atoms with van der Waals surface area (Å²) >= 11 is 3.85. The summed E-state index contributed by atoms with van der Waals surface area (Å²) in [6.45, 7) is 2.28. The molecule has 1 aliphatic rings. The molecular formula is C24H24IN5OS. The Hall–Kier alpha value is -2.35. The van der Waals surface area contributed by atoms with E-state index in [0.29, 0.717) is 30.0 Å². The van der Waals surface area contributed by atoms with E-state index < -0.39 is 0 Å². The number of halogens is 1. The van der Waals surface area contributed by atoms with Crippen LogP contribution in [0.5, 0.6) is 5.88 Å².